The summed E-state index contributed by atoms with van der Waals surface area (Å²) in [5.74, 6) is -0.315. The Morgan fingerprint density at radius 1 is 1.39 bits per heavy atom. The Morgan fingerprint density at radius 3 is 2.78 bits per heavy atom. The third-order valence-electron chi connectivity index (χ3n) is 2.38. The van der Waals surface area contributed by atoms with Crippen molar-refractivity contribution >= 4 is 28.8 Å². The molecule has 0 aliphatic carbocycles. The lowest BCUT2D eigenvalue weighted by molar-refractivity contribution is 0.0935. The first-order valence-electron chi connectivity index (χ1n) is 5.31. The molecule has 18 heavy (non-hydrogen) atoms. The number of H-pyrrole nitrogens is 1. The van der Waals surface area contributed by atoms with Crippen molar-refractivity contribution in [2.75, 3.05) is 0 Å². The number of aromatic nitrogens is 1. The number of hydrogen-bond acceptors (Lipinski definition) is 3. The lowest BCUT2D eigenvalue weighted by Gasteiger charge is -2.11. The summed E-state index contributed by atoms with van der Waals surface area (Å²) in [6, 6.07) is 7.96. The lowest BCUT2D eigenvalue weighted by atomic mass is 10.2. The quantitative estimate of drug-likeness (QED) is 0.909. The number of carbonyl (C=O) groups excluding carboxylic acids is 1. The first kappa shape index (κ1) is 12.9. The van der Waals surface area contributed by atoms with Gasteiger partial charge in [-0.2, -0.15) is 0 Å². The van der Waals surface area contributed by atoms with Crippen molar-refractivity contribution in [2.24, 2.45) is 0 Å². The van der Waals surface area contributed by atoms with Crippen molar-refractivity contribution in [3.05, 3.63) is 55.6 Å². The molecule has 0 aliphatic heterocycles. The van der Waals surface area contributed by atoms with Crippen molar-refractivity contribution < 1.29 is 4.79 Å². The second kappa shape index (κ2) is 5.37. The molecule has 2 aromatic rings. The van der Waals surface area contributed by atoms with Crippen molar-refractivity contribution in [1.82, 2.24) is 10.3 Å². The molecule has 0 fully saturated rings. The maximum Gasteiger partial charge on any atom is 0.268 e. The van der Waals surface area contributed by atoms with Gasteiger partial charge in [0.25, 0.3) is 5.91 Å². The Bertz CT molecular complexity index is 620. The largest absolute Gasteiger partial charge is 0.343 e. The fraction of sp³-hybridized carbons (Fsp3) is 0.167. The SMILES string of the molecule is CC(NC(=O)c1cccc(=O)[nH]1)c1ccc(Cl)s1. The molecule has 2 N–H and O–H groups in total. The zero-order valence-electron chi connectivity index (χ0n) is 9.57. The van der Waals surface area contributed by atoms with Crippen LogP contribution in [0.5, 0.6) is 0 Å². The molecule has 2 rings (SSSR count). The van der Waals surface area contributed by atoms with E-state index in [1.54, 1.807) is 18.2 Å². The molecular weight excluding hydrogens is 272 g/mol. The molecule has 94 valence electrons. The highest BCUT2D eigenvalue weighted by Crippen LogP contribution is 2.26. The maximum atomic E-state index is 11.9. The van der Waals surface area contributed by atoms with Crippen molar-refractivity contribution in [3.63, 3.8) is 0 Å². The van der Waals surface area contributed by atoms with Crippen molar-refractivity contribution in [1.29, 1.82) is 0 Å². The smallest absolute Gasteiger partial charge is 0.268 e. The highest BCUT2D eigenvalue weighted by molar-refractivity contribution is 7.16. The first-order chi connectivity index (χ1) is 8.56. The molecule has 0 bridgehead atoms. The number of amides is 1. The Labute approximate surface area is 113 Å². The minimum atomic E-state index is -0.315. The monoisotopic (exact) mass is 282 g/mol. The number of rotatable bonds is 3. The average molecular weight is 283 g/mol. The van der Waals surface area contributed by atoms with Gasteiger partial charge in [-0.05, 0) is 25.1 Å². The van der Waals surface area contributed by atoms with E-state index in [0.717, 1.165) is 4.88 Å². The van der Waals surface area contributed by atoms with E-state index in [1.165, 1.54) is 17.4 Å². The van der Waals surface area contributed by atoms with Crippen LogP contribution in [0.15, 0.2) is 35.1 Å². The van der Waals surface area contributed by atoms with Gasteiger partial charge in [-0.15, -0.1) is 11.3 Å². The zero-order valence-corrected chi connectivity index (χ0v) is 11.1. The second-order valence-electron chi connectivity index (χ2n) is 3.77. The fourth-order valence-electron chi connectivity index (χ4n) is 1.49. The Kier molecular flexibility index (Phi) is 3.84. The average Bonchev–Trinajstić information content (AvgIpc) is 2.76. The number of halogens is 1. The van der Waals surface area contributed by atoms with Gasteiger partial charge in [-0.25, -0.2) is 0 Å². The van der Waals surface area contributed by atoms with Crippen LogP contribution in [0.3, 0.4) is 0 Å². The number of hydrogen-bond donors (Lipinski definition) is 2. The molecule has 0 spiro atoms. The predicted molar refractivity (Wildman–Crippen MR) is 72.3 cm³/mol. The van der Waals surface area contributed by atoms with Crippen LogP contribution in [0.2, 0.25) is 4.34 Å². The molecule has 1 amide bonds. The van der Waals surface area contributed by atoms with E-state index in [2.05, 4.69) is 10.3 Å². The van der Waals surface area contributed by atoms with E-state index in [1.807, 2.05) is 13.0 Å². The minimum absolute atomic E-state index is 0.154. The molecule has 0 radical (unpaired) electrons. The Hall–Kier alpha value is -1.59. The molecule has 2 heterocycles. The van der Waals surface area contributed by atoms with Crippen molar-refractivity contribution in [3.8, 4) is 0 Å². The molecular formula is C12H11ClN2O2S. The highest BCUT2D eigenvalue weighted by Gasteiger charge is 2.13. The minimum Gasteiger partial charge on any atom is -0.343 e. The van der Waals surface area contributed by atoms with Crippen LogP contribution in [0, 0.1) is 0 Å². The molecule has 0 saturated carbocycles. The van der Waals surface area contributed by atoms with Gasteiger partial charge in [-0.3, -0.25) is 9.59 Å². The van der Waals surface area contributed by atoms with E-state index in [-0.39, 0.29) is 23.2 Å². The van der Waals surface area contributed by atoms with E-state index in [4.69, 9.17) is 11.6 Å². The Morgan fingerprint density at radius 2 is 2.17 bits per heavy atom. The molecule has 0 saturated heterocycles. The standard InChI is InChI=1S/C12H11ClN2O2S/c1-7(9-5-6-10(13)18-9)14-12(17)8-3-2-4-11(16)15-8/h2-7H,1H3,(H,14,17)(H,15,16). The molecule has 2 aromatic heterocycles. The maximum absolute atomic E-state index is 11.9. The summed E-state index contributed by atoms with van der Waals surface area (Å²) in [5, 5.41) is 2.80. The van der Waals surface area contributed by atoms with Gasteiger partial charge in [0.2, 0.25) is 5.56 Å². The number of pyridine rings is 1. The molecule has 1 unspecified atom stereocenters. The van der Waals surface area contributed by atoms with Crippen LogP contribution in [0.25, 0.3) is 0 Å². The summed E-state index contributed by atoms with van der Waals surface area (Å²) in [7, 11) is 0. The van der Waals surface area contributed by atoms with Gasteiger partial charge < -0.3 is 10.3 Å². The number of nitrogens with one attached hydrogen (secondary N) is 2. The third-order valence-corrected chi connectivity index (χ3v) is 3.80. The van der Waals surface area contributed by atoms with E-state index < -0.39 is 0 Å². The van der Waals surface area contributed by atoms with E-state index >= 15 is 0 Å². The topological polar surface area (TPSA) is 62.0 Å². The number of aromatic amines is 1. The Balaban J connectivity index is 2.10. The van der Waals surface area contributed by atoms with Gasteiger partial charge in [0, 0.05) is 10.9 Å². The van der Waals surface area contributed by atoms with Crippen LogP contribution < -0.4 is 10.9 Å². The fourth-order valence-corrected chi connectivity index (χ4v) is 2.55. The van der Waals surface area contributed by atoms with Crippen LogP contribution in [-0.2, 0) is 0 Å². The number of thiophene rings is 1. The third kappa shape index (κ3) is 3.00. The summed E-state index contributed by atoms with van der Waals surface area (Å²) >= 11 is 7.25. The van der Waals surface area contributed by atoms with Crippen LogP contribution in [0.1, 0.15) is 28.3 Å². The van der Waals surface area contributed by atoms with E-state index in [9.17, 15) is 9.59 Å². The molecule has 0 aliphatic rings. The molecule has 1 atom stereocenters. The summed E-state index contributed by atoms with van der Waals surface area (Å²) < 4.78 is 0.680. The predicted octanol–water partition coefficient (Wildman–Crippen LogP) is 2.58. The summed E-state index contributed by atoms with van der Waals surface area (Å²) in [5.41, 5.74) is -0.0496. The highest BCUT2D eigenvalue weighted by atomic mass is 35.5. The van der Waals surface area contributed by atoms with Crippen LogP contribution in [-0.4, -0.2) is 10.9 Å². The van der Waals surface area contributed by atoms with Gasteiger partial charge in [0.1, 0.15) is 5.69 Å². The second-order valence-corrected chi connectivity index (χ2v) is 5.51. The van der Waals surface area contributed by atoms with Crippen LogP contribution in [0.4, 0.5) is 0 Å². The number of carbonyl (C=O) groups is 1. The molecule has 4 nitrogen and oxygen atoms in total. The molecule has 0 aromatic carbocycles. The zero-order chi connectivity index (χ0) is 13.1. The normalized spacial score (nSPS) is 12.1. The summed E-state index contributed by atoms with van der Waals surface area (Å²) in [4.78, 5) is 26.4. The van der Waals surface area contributed by atoms with Gasteiger partial charge in [0.15, 0.2) is 0 Å². The summed E-state index contributed by atoms with van der Waals surface area (Å²) in [6.45, 7) is 1.86. The lowest BCUT2D eigenvalue weighted by Crippen LogP contribution is -2.28. The summed E-state index contributed by atoms with van der Waals surface area (Å²) in [6.07, 6.45) is 0. The first-order valence-corrected chi connectivity index (χ1v) is 6.51. The van der Waals surface area contributed by atoms with E-state index in [0.29, 0.717) is 4.34 Å². The van der Waals surface area contributed by atoms with Gasteiger partial charge >= 0.3 is 0 Å². The molecule has 6 heteroatoms. The van der Waals surface area contributed by atoms with Crippen LogP contribution >= 0.6 is 22.9 Å². The van der Waals surface area contributed by atoms with Gasteiger partial charge in [0.05, 0.1) is 10.4 Å². The van der Waals surface area contributed by atoms with Crippen molar-refractivity contribution in [2.45, 2.75) is 13.0 Å². The van der Waals surface area contributed by atoms with Gasteiger partial charge in [-0.1, -0.05) is 17.7 Å².